The van der Waals surface area contributed by atoms with Gasteiger partial charge in [-0.15, -0.1) is 11.3 Å². The van der Waals surface area contributed by atoms with Crippen molar-refractivity contribution in [3.63, 3.8) is 0 Å². The van der Waals surface area contributed by atoms with E-state index >= 15 is 0 Å². The highest BCUT2D eigenvalue weighted by atomic mass is 32.1. The number of aliphatic hydroxyl groups excluding tert-OH is 1. The summed E-state index contributed by atoms with van der Waals surface area (Å²) in [4.78, 5) is 3.26. The normalized spacial score (nSPS) is 9.57. The number of anilines is 1. The first kappa shape index (κ1) is 15.1. The Hall–Kier alpha value is -2.27. The summed E-state index contributed by atoms with van der Waals surface area (Å²) >= 11 is 1.65. The van der Waals surface area contributed by atoms with Gasteiger partial charge >= 0.3 is 0 Å². The van der Waals surface area contributed by atoms with E-state index in [4.69, 9.17) is 10.4 Å². The van der Waals surface area contributed by atoms with Gasteiger partial charge in [0.2, 0.25) is 0 Å². The second kappa shape index (κ2) is 7.50. The molecule has 3 nitrogen and oxygen atoms in total. The summed E-state index contributed by atoms with van der Waals surface area (Å²) in [5.41, 5.74) is 2.59. The summed E-state index contributed by atoms with van der Waals surface area (Å²) in [5, 5.41) is 19.9. The fourth-order valence-corrected chi connectivity index (χ4v) is 2.84. The average molecular weight is 296 g/mol. The second-order valence-corrected chi connectivity index (χ2v) is 5.56. The maximum absolute atomic E-state index is 9.15. The molecule has 1 aromatic heterocycles. The number of aliphatic hydroxyl groups is 1. The van der Waals surface area contributed by atoms with Gasteiger partial charge in [0.1, 0.15) is 6.07 Å². The van der Waals surface area contributed by atoms with Crippen molar-refractivity contribution in [3.8, 4) is 17.9 Å². The topological polar surface area (TPSA) is 47.3 Å². The van der Waals surface area contributed by atoms with E-state index in [0.29, 0.717) is 12.0 Å². The van der Waals surface area contributed by atoms with Gasteiger partial charge < -0.3 is 10.0 Å². The van der Waals surface area contributed by atoms with Gasteiger partial charge in [-0.1, -0.05) is 24.0 Å². The number of nitriles is 1. The molecule has 0 spiro atoms. The molecule has 0 bridgehead atoms. The van der Waals surface area contributed by atoms with Gasteiger partial charge in [0.15, 0.2) is 0 Å². The largest absolute Gasteiger partial charge is 0.395 e. The fourth-order valence-electron chi connectivity index (χ4n) is 1.97. The lowest BCUT2D eigenvalue weighted by Crippen LogP contribution is -2.16. The van der Waals surface area contributed by atoms with Crippen molar-refractivity contribution in [2.24, 2.45) is 0 Å². The number of benzene rings is 1. The third-order valence-corrected chi connectivity index (χ3v) is 3.87. The molecule has 106 valence electrons. The van der Waals surface area contributed by atoms with Crippen molar-refractivity contribution in [1.29, 1.82) is 5.26 Å². The zero-order valence-corrected chi connectivity index (χ0v) is 12.7. The predicted octanol–water partition coefficient (Wildman–Crippen LogP) is 2.99. The van der Waals surface area contributed by atoms with E-state index in [-0.39, 0.29) is 6.61 Å². The Bertz CT molecular complexity index is 703. The standard InChI is InChI=1S/C17H16N2OS/c1-19(17-8-3-2-7-15(17)11-18)12-16-10-14(13-21-16)6-4-5-9-20/h2-3,7-8,10,13,20H,5,9,12H2,1H3. The quantitative estimate of drug-likeness (QED) is 0.882. The summed E-state index contributed by atoms with van der Waals surface area (Å²) in [6.45, 7) is 0.836. The van der Waals surface area contributed by atoms with E-state index in [1.165, 1.54) is 4.88 Å². The van der Waals surface area contributed by atoms with E-state index in [2.05, 4.69) is 28.9 Å². The van der Waals surface area contributed by atoms with E-state index < -0.39 is 0 Å². The SMILES string of the molecule is CN(Cc1cc(C#CCCO)cs1)c1ccccc1C#N. The lowest BCUT2D eigenvalue weighted by atomic mass is 10.2. The molecule has 0 atom stereocenters. The van der Waals surface area contributed by atoms with Crippen LogP contribution in [0.1, 0.15) is 22.4 Å². The monoisotopic (exact) mass is 296 g/mol. The van der Waals surface area contributed by atoms with Crippen LogP contribution in [0.3, 0.4) is 0 Å². The minimum atomic E-state index is 0.0949. The highest BCUT2D eigenvalue weighted by Gasteiger charge is 2.08. The highest BCUT2D eigenvalue weighted by Crippen LogP contribution is 2.22. The fraction of sp³-hybridized carbons (Fsp3) is 0.235. The van der Waals surface area contributed by atoms with Crippen LogP contribution in [0.25, 0.3) is 0 Å². The molecule has 2 rings (SSSR count). The Morgan fingerprint density at radius 3 is 2.90 bits per heavy atom. The van der Waals surface area contributed by atoms with Crippen LogP contribution >= 0.6 is 11.3 Å². The molecule has 21 heavy (non-hydrogen) atoms. The van der Waals surface area contributed by atoms with Crippen LogP contribution in [0, 0.1) is 23.2 Å². The first-order valence-corrected chi connectivity index (χ1v) is 7.50. The molecule has 0 saturated carbocycles. The van der Waals surface area contributed by atoms with Crippen LogP contribution in [0.4, 0.5) is 5.69 Å². The molecular formula is C17H16N2OS. The molecule has 2 aromatic rings. The molecule has 0 aliphatic carbocycles. The van der Waals surface area contributed by atoms with E-state index in [1.54, 1.807) is 11.3 Å². The lowest BCUT2D eigenvalue weighted by Gasteiger charge is -2.19. The molecule has 0 aliphatic heterocycles. The summed E-state index contributed by atoms with van der Waals surface area (Å²) < 4.78 is 0. The molecule has 0 radical (unpaired) electrons. The summed E-state index contributed by atoms with van der Waals surface area (Å²) in [7, 11) is 1.98. The third-order valence-electron chi connectivity index (χ3n) is 2.95. The molecule has 0 fully saturated rings. The van der Waals surface area contributed by atoms with Crippen LogP contribution in [-0.2, 0) is 6.54 Å². The first-order valence-electron chi connectivity index (χ1n) is 6.62. The Morgan fingerprint density at radius 2 is 2.14 bits per heavy atom. The zero-order chi connectivity index (χ0) is 15.1. The third kappa shape index (κ3) is 4.10. The number of hydrogen-bond donors (Lipinski definition) is 1. The second-order valence-electron chi connectivity index (χ2n) is 4.56. The smallest absolute Gasteiger partial charge is 0.101 e. The van der Waals surface area contributed by atoms with E-state index in [0.717, 1.165) is 17.8 Å². The molecule has 1 N–H and O–H groups in total. The van der Waals surface area contributed by atoms with Crippen LogP contribution in [0.5, 0.6) is 0 Å². The van der Waals surface area contributed by atoms with Crippen LogP contribution < -0.4 is 4.90 Å². The van der Waals surface area contributed by atoms with Gasteiger partial charge in [0, 0.05) is 29.3 Å². The van der Waals surface area contributed by atoms with E-state index in [1.807, 2.05) is 36.7 Å². The van der Waals surface area contributed by atoms with Crippen molar-refractivity contribution in [2.75, 3.05) is 18.6 Å². The molecule has 4 heteroatoms. The van der Waals surface area contributed by atoms with Crippen LogP contribution in [0.2, 0.25) is 0 Å². The highest BCUT2D eigenvalue weighted by molar-refractivity contribution is 7.10. The molecule has 0 aliphatic rings. The number of rotatable bonds is 4. The number of para-hydroxylation sites is 1. The molecule has 1 heterocycles. The maximum Gasteiger partial charge on any atom is 0.101 e. The van der Waals surface area contributed by atoms with Gasteiger partial charge in [-0.3, -0.25) is 0 Å². The number of hydrogen-bond acceptors (Lipinski definition) is 4. The molecule has 0 unspecified atom stereocenters. The van der Waals surface area contributed by atoms with Gasteiger partial charge in [-0.2, -0.15) is 5.26 Å². The Labute approximate surface area is 129 Å². The van der Waals surface area contributed by atoms with Crippen molar-refractivity contribution in [2.45, 2.75) is 13.0 Å². The van der Waals surface area contributed by atoms with Crippen molar-refractivity contribution in [3.05, 3.63) is 51.7 Å². The predicted molar refractivity (Wildman–Crippen MR) is 86.2 cm³/mol. The summed E-state index contributed by atoms with van der Waals surface area (Å²) in [6, 6.07) is 11.9. The van der Waals surface area contributed by atoms with Crippen molar-refractivity contribution >= 4 is 17.0 Å². The molecular weight excluding hydrogens is 280 g/mol. The van der Waals surface area contributed by atoms with Crippen LogP contribution in [-0.4, -0.2) is 18.8 Å². The first-order chi connectivity index (χ1) is 10.2. The number of thiophene rings is 1. The van der Waals surface area contributed by atoms with Crippen molar-refractivity contribution in [1.82, 2.24) is 0 Å². The molecule has 1 aromatic carbocycles. The Kier molecular flexibility index (Phi) is 5.40. The maximum atomic E-state index is 9.15. The summed E-state index contributed by atoms with van der Waals surface area (Å²) in [5.74, 6) is 5.95. The van der Waals surface area contributed by atoms with Gasteiger partial charge in [0.25, 0.3) is 0 Å². The molecule has 0 saturated heterocycles. The Balaban J connectivity index is 2.09. The lowest BCUT2D eigenvalue weighted by molar-refractivity contribution is 0.305. The minimum Gasteiger partial charge on any atom is -0.395 e. The Morgan fingerprint density at radius 1 is 1.33 bits per heavy atom. The summed E-state index contributed by atoms with van der Waals surface area (Å²) in [6.07, 6.45) is 0.501. The van der Waals surface area contributed by atoms with Gasteiger partial charge in [-0.25, -0.2) is 0 Å². The number of nitrogens with zero attached hydrogens (tertiary/aromatic N) is 2. The zero-order valence-electron chi connectivity index (χ0n) is 11.8. The van der Waals surface area contributed by atoms with E-state index in [9.17, 15) is 0 Å². The van der Waals surface area contributed by atoms with Gasteiger partial charge in [-0.05, 0) is 18.2 Å². The average Bonchev–Trinajstić information content (AvgIpc) is 2.95. The van der Waals surface area contributed by atoms with Crippen LogP contribution in [0.15, 0.2) is 35.7 Å². The molecule has 0 amide bonds. The van der Waals surface area contributed by atoms with Gasteiger partial charge in [0.05, 0.1) is 24.4 Å². The minimum absolute atomic E-state index is 0.0949. The van der Waals surface area contributed by atoms with Crippen molar-refractivity contribution < 1.29 is 5.11 Å².